The summed E-state index contributed by atoms with van der Waals surface area (Å²) < 4.78 is 0. The van der Waals surface area contributed by atoms with E-state index in [1.165, 1.54) is 17.0 Å². The molecule has 1 unspecified atom stereocenters. The van der Waals surface area contributed by atoms with Crippen molar-refractivity contribution in [2.24, 2.45) is 5.92 Å². The van der Waals surface area contributed by atoms with Crippen molar-refractivity contribution in [1.82, 2.24) is 4.98 Å². The van der Waals surface area contributed by atoms with Gasteiger partial charge in [-0.3, -0.25) is 9.69 Å². The molecular formula is C12H11ClN2O3. The van der Waals surface area contributed by atoms with E-state index in [9.17, 15) is 9.59 Å². The van der Waals surface area contributed by atoms with E-state index in [-0.39, 0.29) is 28.4 Å². The van der Waals surface area contributed by atoms with E-state index >= 15 is 0 Å². The Balaban J connectivity index is 2.36. The molecule has 1 aliphatic heterocycles. The number of carbonyl (C=O) groups is 2. The predicted molar refractivity (Wildman–Crippen MR) is 66.9 cm³/mol. The van der Waals surface area contributed by atoms with Crippen LogP contribution in [0.25, 0.3) is 0 Å². The second kappa shape index (κ2) is 4.78. The number of aromatic nitrogens is 1. The summed E-state index contributed by atoms with van der Waals surface area (Å²) >= 11 is 5.76. The molecular weight excluding hydrogens is 256 g/mol. The van der Waals surface area contributed by atoms with Crippen molar-refractivity contribution in [2.75, 3.05) is 11.4 Å². The molecule has 1 aromatic heterocycles. The molecule has 5 nitrogen and oxygen atoms in total. The van der Waals surface area contributed by atoms with Crippen molar-refractivity contribution in [1.29, 1.82) is 0 Å². The lowest BCUT2D eigenvalue weighted by Crippen LogP contribution is -2.25. The molecule has 2 rings (SSSR count). The molecule has 0 radical (unpaired) electrons. The lowest BCUT2D eigenvalue weighted by Gasteiger charge is -2.15. The Morgan fingerprint density at radius 2 is 2.33 bits per heavy atom. The fourth-order valence-corrected chi connectivity index (χ4v) is 2.06. The minimum absolute atomic E-state index is 0.0138. The second-order valence-electron chi connectivity index (χ2n) is 4.05. The first-order chi connectivity index (χ1) is 8.51. The number of carboxylic acid groups (broad SMARTS) is 1. The third-order valence-electron chi connectivity index (χ3n) is 2.79. The van der Waals surface area contributed by atoms with Crippen molar-refractivity contribution in [2.45, 2.75) is 6.42 Å². The number of hydrogen-bond acceptors (Lipinski definition) is 3. The van der Waals surface area contributed by atoms with Gasteiger partial charge in [0.25, 0.3) is 0 Å². The van der Waals surface area contributed by atoms with Gasteiger partial charge in [0, 0.05) is 18.9 Å². The van der Waals surface area contributed by atoms with Gasteiger partial charge in [-0.25, -0.2) is 9.78 Å². The maximum absolute atomic E-state index is 11.8. The SMILES string of the molecule is C=CC1CC(=O)N(c2cc(C(=O)O)cc(Cl)n2)C1. The molecule has 1 saturated heterocycles. The van der Waals surface area contributed by atoms with E-state index in [4.69, 9.17) is 16.7 Å². The molecule has 0 aliphatic carbocycles. The van der Waals surface area contributed by atoms with Crippen molar-refractivity contribution in [3.63, 3.8) is 0 Å². The molecule has 0 bridgehead atoms. The van der Waals surface area contributed by atoms with E-state index < -0.39 is 5.97 Å². The van der Waals surface area contributed by atoms with Crippen LogP contribution in [0.4, 0.5) is 5.82 Å². The van der Waals surface area contributed by atoms with Crippen LogP contribution in [-0.4, -0.2) is 28.5 Å². The number of halogens is 1. The summed E-state index contributed by atoms with van der Waals surface area (Å²) in [5, 5.41) is 8.99. The molecule has 18 heavy (non-hydrogen) atoms. The van der Waals surface area contributed by atoms with Crippen LogP contribution in [0.3, 0.4) is 0 Å². The molecule has 1 aromatic rings. The van der Waals surface area contributed by atoms with Gasteiger partial charge in [-0.1, -0.05) is 17.7 Å². The van der Waals surface area contributed by atoms with Crippen molar-refractivity contribution in [3.8, 4) is 0 Å². The van der Waals surface area contributed by atoms with Crippen LogP contribution in [0.2, 0.25) is 5.15 Å². The lowest BCUT2D eigenvalue weighted by atomic mass is 10.1. The summed E-state index contributed by atoms with van der Waals surface area (Å²) in [4.78, 5) is 28.1. The zero-order valence-corrected chi connectivity index (χ0v) is 10.2. The van der Waals surface area contributed by atoms with Crippen LogP contribution in [0, 0.1) is 5.92 Å². The van der Waals surface area contributed by atoms with E-state index in [0.29, 0.717) is 13.0 Å². The van der Waals surface area contributed by atoms with Crippen LogP contribution >= 0.6 is 11.6 Å². The number of carbonyl (C=O) groups excluding carboxylic acids is 1. The largest absolute Gasteiger partial charge is 0.478 e. The summed E-state index contributed by atoms with van der Waals surface area (Å²) in [5.74, 6) is -0.876. The molecule has 6 heteroatoms. The summed E-state index contributed by atoms with van der Waals surface area (Å²) in [7, 11) is 0. The Morgan fingerprint density at radius 3 is 2.89 bits per heavy atom. The first kappa shape index (κ1) is 12.6. The maximum Gasteiger partial charge on any atom is 0.335 e. The molecule has 0 aromatic carbocycles. The van der Waals surface area contributed by atoms with Gasteiger partial charge in [0.1, 0.15) is 11.0 Å². The number of amides is 1. The Labute approximate surface area is 109 Å². The van der Waals surface area contributed by atoms with E-state index in [1.807, 2.05) is 0 Å². The van der Waals surface area contributed by atoms with Gasteiger partial charge in [0.05, 0.1) is 5.56 Å². The van der Waals surface area contributed by atoms with Gasteiger partial charge < -0.3 is 5.11 Å². The molecule has 94 valence electrons. The Morgan fingerprint density at radius 1 is 1.61 bits per heavy atom. The zero-order chi connectivity index (χ0) is 13.3. The number of carboxylic acids is 1. The highest BCUT2D eigenvalue weighted by Crippen LogP contribution is 2.26. The highest BCUT2D eigenvalue weighted by Gasteiger charge is 2.30. The lowest BCUT2D eigenvalue weighted by molar-refractivity contribution is -0.117. The van der Waals surface area contributed by atoms with Gasteiger partial charge in [0.2, 0.25) is 5.91 Å². The van der Waals surface area contributed by atoms with E-state index in [1.54, 1.807) is 6.08 Å². The minimum atomic E-state index is -1.10. The van der Waals surface area contributed by atoms with Crippen molar-refractivity contribution in [3.05, 3.63) is 35.5 Å². The van der Waals surface area contributed by atoms with Crippen LogP contribution in [0.5, 0.6) is 0 Å². The Hall–Kier alpha value is -1.88. The van der Waals surface area contributed by atoms with Crippen molar-refractivity contribution < 1.29 is 14.7 Å². The third kappa shape index (κ3) is 2.36. The number of anilines is 1. The first-order valence-electron chi connectivity index (χ1n) is 5.35. The smallest absolute Gasteiger partial charge is 0.335 e. The molecule has 1 amide bonds. The predicted octanol–water partition coefficient (Wildman–Crippen LogP) is 1.97. The molecule has 0 spiro atoms. The van der Waals surface area contributed by atoms with E-state index in [2.05, 4.69) is 11.6 Å². The third-order valence-corrected chi connectivity index (χ3v) is 2.99. The Kier molecular flexibility index (Phi) is 3.34. The fraction of sp³-hybridized carbons (Fsp3) is 0.250. The standard InChI is InChI=1S/C12H11ClN2O3/c1-2-7-3-11(16)15(6-7)10-5-8(12(17)18)4-9(13)14-10/h2,4-5,7H,1,3,6H2,(H,17,18). The Bertz CT molecular complexity index is 530. The summed E-state index contributed by atoms with van der Waals surface area (Å²) in [5.41, 5.74) is 0.0138. The topological polar surface area (TPSA) is 70.5 Å². The average molecular weight is 267 g/mol. The van der Waals surface area contributed by atoms with Crippen LogP contribution in [-0.2, 0) is 4.79 Å². The monoisotopic (exact) mass is 266 g/mol. The molecule has 0 saturated carbocycles. The first-order valence-corrected chi connectivity index (χ1v) is 5.73. The van der Waals surface area contributed by atoms with Gasteiger partial charge in [0.15, 0.2) is 0 Å². The van der Waals surface area contributed by atoms with Gasteiger partial charge in [-0.15, -0.1) is 6.58 Å². The van der Waals surface area contributed by atoms with Gasteiger partial charge in [-0.05, 0) is 12.1 Å². The average Bonchev–Trinajstić information content (AvgIpc) is 2.69. The van der Waals surface area contributed by atoms with Gasteiger partial charge in [-0.2, -0.15) is 0 Å². The second-order valence-corrected chi connectivity index (χ2v) is 4.43. The molecule has 1 fully saturated rings. The summed E-state index contributed by atoms with van der Waals surface area (Å²) in [6, 6.07) is 2.59. The van der Waals surface area contributed by atoms with Crippen LogP contribution in [0.15, 0.2) is 24.8 Å². The molecule has 1 aliphatic rings. The molecule has 1 atom stereocenters. The minimum Gasteiger partial charge on any atom is -0.478 e. The van der Waals surface area contributed by atoms with Crippen LogP contribution < -0.4 is 4.90 Å². The molecule has 2 heterocycles. The molecule has 1 N–H and O–H groups in total. The maximum atomic E-state index is 11.8. The van der Waals surface area contributed by atoms with E-state index in [0.717, 1.165) is 0 Å². The number of aromatic carboxylic acids is 1. The van der Waals surface area contributed by atoms with Gasteiger partial charge >= 0.3 is 5.97 Å². The zero-order valence-electron chi connectivity index (χ0n) is 9.47. The normalized spacial score (nSPS) is 19.1. The quantitative estimate of drug-likeness (QED) is 0.671. The number of nitrogens with zero attached hydrogens (tertiary/aromatic N) is 2. The fourth-order valence-electron chi connectivity index (χ4n) is 1.86. The van der Waals surface area contributed by atoms with Crippen LogP contribution in [0.1, 0.15) is 16.8 Å². The summed E-state index contributed by atoms with van der Waals surface area (Å²) in [6.07, 6.45) is 2.07. The number of hydrogen-bond donors (Lipinski definition) is 1. The number of pyridine rings is 1. The highest BCUT2D eigenvalue weighted by atomic mass is 35.5. The highest BCUT2D eigenvalue weighted by molar-refractivity contribution is 6.30. The summed E-state index contributed by atoms with van der Waals surface area (Å²) in [6.45, 7) is 4.10. The van der Waals surface area contributed by atoms with Crippen molar-refractivity contribution >= 4 is 29.3 Å². The number of rotatable bonds is 3.